The van der Waals surface area contributed by atoms with Gasteiger partial charge < -0.3 is 19.9 Å². The first kappa shape index (κ1) is 16.3. The zero-order chi connectivity index (χ0) is 17.3. The molecule has 4 heterocycles. The van der Waals surface area contributed by atoms with Gasteiger partial charge in [0.2, 0.25) is 5.91 Å². The van der Waals surface area contributed by atoms with E-state index in [1.54, 1.807) is 12.3 Å². The first-order chi connectivity index (χ1) is 12.2. The molecule has 0 saturated carbocycles. The number of hydrogen-bond donors (Lipinski definition) is 1. The van der Waals surface area contributed by atoms with E-state index in [1.165, 1.54) is 0 Å². The molecule has 3 saturated heterocycles. The maximum absolute atomic E-state index is 12.7. The van der Waals surface area contributed by atoms with E-state index in [9.17, 15) is 9.59 Å². The molecular weight excluding hydrogens is 320 g/mol. The lowest BCUT2D eigenvalue weighted by Crippen LogP contribution is -2.47. The van der Waals surface area contributed by atoms with Gasteiger partial charge in [-0.05, 0) is 31.4 Å². The van der Waals surface area contributed by atoms with Crippen LogP contribution in [-0.2, 0) is 9.53 Å². The molecule has 1 aromatic heterocycles. The standard InChI is InChI=1S/C18H24N4O3/c23-16(21-8-10-25-11-9-21)14-2-6-19-15(12-14)22-7-4-18(13-22)3-1-5-20-17(18)24/h2,6,12H,1,3-5,7-11,13H2,(H,20,24)/t18-/m0/s1. The van der Waals surface area contributed by atoms with Crippen LogP contribution >= 0.6 is 0 Å². The Kier molecular flexibility index (Phi) is 4.33. The molecule has 4 rings (SSSR count). The number of carbonyl (C=O) groups is 2. The van der Waals surface area contributed by atoms with Crippen LogP contribution in [0.1, 0.15) is 29.6 Å². The number of morpholine rings is 1. The van der Waals surface area contributed by atoms with E-state index >= 15 is 0 Å². The smallest absolute Gasteiger partial charge is 0.254 e. The Bertz CT molecular complexity index is 674. The Morgan fingerprint density at radius 3 is 2.88 bits per heavy atom. The number of rotatable bonds is 2. The van der Waals surface area contributed by atoms with Gasteiger partial charge >= 0.3 is 0 Å². The van der Waals surface area contributed by atoms with E-state index in [4.69, 9.17) is 4.74 Å². The maximum Gasteiger partial charge on any atom is 0.254 e. The van der Waals surface area contributed by atoms with E-state index in [1.807, 2.05) is 11.0 Å². The van der Waals surface area contributed by atoms with Crippen molar-refractivity contribution < 1.29 is 14.3 Å². The minimum Gasteiger partial charge on any atom is -0.378 e. The molecule has 134 valence electrons. The molecular formula is C18H24N4O3. The molecule has 0 bridgehead atoms. The third-order valence-electron chi connectivity index (χ3n) is 5.57. The lowest BCUT2D eigenvalue weighted by atomic mass is 9.79. The summed E-state index contributed by atoms with van der Waals surface area (Å²) in [5.41, 5.74) is 0.366. The third-order valence-corrected chi connectivity index (χ3v) is 5.57. The lowest BCUT2D eigenvalue weighted by Gasteiger charge is -2.32. The van der Waals surface area contributed by atoms with Crippen molar-refractivity contribution in [3.05, 3.63) is 23.9 Å². The minimum atomic E-state index is -0.288. The van der Waals surface area contributed by atoms with Gasteiger partial charge in [0.15, 0.2) is 0 Å². The summed E-state index contributed by atoms with van der Waals surface area (Å²) in [6.45, 7) is 4.70. The largest absolute Gasteiger partial charge is 0.378 e. The summed E-state index contributed by atoms with van der Waals surface area (Å²) >= 11 is 0. The SMILES string of the molecule is O=C(c1ccnc(N2CC[C@@]3(CCCNC3=O)C2)c1)N1CCOCC1. The number of ether oxygens (including phenoxy) is 1. The third kappa shape index (κ3) is 3.08. The second kappa shape index (κ2) is 6.63. The van der Waals surface area contributed by atoms with E-state index in [0.717, 1.165) is 38.2 Å². The van der Waals surface area contributed by atoms with Gasteiger partial charge in [-0.3, -0.25) is 9.59 Å². The van der Waals surface area contributed by atoms with Gasteiger partial charge in [0, 0.05) is 44.5 Å². The van der Waals surface area contributed by atoms with Crippen LogP contribution in [0.25, 0.3) is 0 Å². The van der Waals surface area contributed by atoms with Gasteiger partial charge in [-0.25, -0.2) is 4.98 Å². The average molecular weight is 344 g/mol. The van der Waals surface area contributed by atoms with Crippen LogP contribution in [0.3, 0.4) is 0 Å². The van der Waals surface area contributed by atoms with Crippen LogP contribution in [-0.4, -0.2) is 67.6 Å². The molecule has 7 heteroatoms. The molecule has 3 aliphatic heterocycles. The Morgan fingerprint density at radius 2 is 2.08 bits per heavy atom. The maximum atomic E-state index is 12.7. The number of amides is 2. The number of aromatic nitrogens is 1. The molecule has 7 nitrogen and oxygen atoms in total. The zero-order valence-electron chi connectivity index (χ0n) is 14.4. The molecule has 0 unspecified atom stereocenters. The monoisotopic (exact) mass is 344 g/mol. The summed E-state index contributed by atoms with van der Waals surface area (Å²) in [6.07, 6.45) is 4.50. The van der Waals surface area contributed by atoms with Crippen molar-refractivity contribution in [3.8, 4) is 0 Å². The van der Waals surface area contributed by atoms with Crippen molar-refractivity contribution in [3.63, 3.8) is 0 Å². The summed E-state index contributed by atoms with van der Waals surface area (Å²) in [5.74, 6) is 0.979. The lowest BCUT2D eigenvalue weighted by molar-refractivity contribution is -0.132. The molecule has 0 aliphatic carbocycles. The van der Waals surface area contributed by atoms with Crippen LogP contribution in [0.4, 0.5) is 5.82 Å². The van der Waals surface area contributed by atoms with Crippen molar-refractivity contribution in [1.29, 1.82) is 0 Å². The van der Waals surface area contributed by atoms with Gasteiger partial charge in [0.1, 0.15) is 5.82 Å². The highest BCUT2D eigenvalue weighted by Crippen LogP contribution is 2.38. The second-order valence-corrected chi connectivity index (χ2v) is 7.12. The van der Waals surface area contributed by atoms with Crippen molar-refractivity contribution >= 4 is 17.6 Å². The van der Waals surface area contributed by atoms with E-state index < -0.39 is 0 Å². The predicted molar refractivity (Wildman–Crippen MR) is 92.5 cm³/mol. The Balaban J connectivity index is 1.50. The number of hydrogen-bond acceptors (Lipinski definition) is 5. The van der Waals surface area contributed by atoms with Gasteiger partial charge in [-0.1, -0.05) is 0 Å². The first-order valence-corrected chi connectivity index (χ1v) is 9.04. The highest BCUT2D eigenvalue weighted by molar-refractivity contribution is 5.95. The van der Waals surface area contributed by atoms with Crippen LogP contribution in [0.2, 0.25) is 0 Å². The fraction of sp³-hybridized carbons (Fsp3) is 0.611. The number of carbonyl (C=O) groups excluding carboxylic acids is 2. The van der Waals surface area contributed by atoms with Gasteiger partial charge in [-0.2, -0.15) is 0 Å². The molecule has 0 radical (unpaired) electrons. The van der Waals surface area contributed by atoms with Crippen LogP contribution in [0.5, 0.6) is 0 Å². The normalized spacial score (nSPS) is 26.8. The molecule has 1 atom stereocenters. The van der Waals surface area contributed by atoms with Crippen LogP contribution in [0, 0.1) is 5.41 Å². The number of nitrogens with one attached hydrogen (secondary N) is 1. The van der Waals surface area contributed by atoms with Crippen LogP contribution < -0.4 is 10.2 Å². The summed E-state index contributed by atoms with van der Waals surface area (Å²) in [6, 6.07) is 3.62. The summed E-state index contributed by atoms with van der Waals surface area (Å²) < 4.78 is 5.31. The van der Waals surface area contributed by atoms with Crippen molar-refractivity contribution in [2.75, 3.05) is 50.8 Å². The number of anilines is 1. The molecule has 25 heavy (non-hydrogen) atoms. The van der Waals surface area contributed by atoms with Crippen molar-refractivity contribution in [1.82, 2.24) is 15.2 Å². The highest BCUT2D eigenvalue weighted by atomic mass is 16.5. The molecule has 1 spiro atoms. The van der Waals surface area contributed by atoms with E-state index in [-0.39, 0.29) is 17.2 Å². The Morgan fingerprint density at radius 1 is 1.24 bits per heavy atom. The van der Waals surface area contributed by atoms with Crippen molar-refractivity contribution in [2.24, 2.45) is 5.41 Å². The summed E-state index contributed by atoms with van der Waals surface area (Å²) in [5, 5.41) is 3.00. The minimum absolute atomic E-state index is 0.0243. The number of nitrogens with zero attached hydrogens (tertiary/aromatic N) is 3. The molecule has 1 N–H and O–H groups in total. The fourth-order valence-electron chi connectivity index (χ4n) is 4.06. The summed E-state index contributed by atoms with van der Waals surface area (Å²) in [4.78, 5) is 33.4. The second-order valence-electron chi connectivity index (χ2n) is 7.12. The molecule has 2 amide bonds. The summed E-state index contributed by atoms with van der Waals surface area (Å²) in [7, 11) is 0. The van der Waals surface area contributed by atoms with Gasteiger partial charge in [-0.15, -0.1) is 0 Å². The molecule has 3 aliphatic rings. The highest BCUT2D eigenvalue weighted by Gasteiger charge is 2.46. The molecule has 0 aromatic carbocycles. The average Bonchev–Trinajstić information content (AvgIpc) is 3.10. The van der Waals surface area contributed by atoms with Gasteiger partial charge in [0.25, 0.3) is 5.91 Å². The predicted octanol–water partition coefficient (Wildman–Crippen LogP) is 0.660. The first-order valence-electron chi connectivity index (χ1n) is 9.04. The molecule has 3 fully saturated rings. The Hall–Kier alpha value is -2.15. The number of pyridine rings is 1. The topological polar surface area (TPSA) is 74.8 Å². The zero-order valence-corrected chi connectivity index (χ0v) is 14.4. The van der Waals surface area contributed by atoms with Crippen LogP contribution in [0.15, 0.2) is 18.3 Å². The Labute approximate surface area is 147 Å². The van der Waals surface area contributed by atoms with E-state index in [0.29, 0.717) is 38.4 Å². The quantitative estimate of drug-likeness (QED) is 0.853. The fourth-order valence-corrected chi connectivity index (χ4v) is 4.06. The molecule has 1 aromatic rings. The van der Waals surface area contributed by atoms with Gasteiger partial charge in [0.05, 0.1) is 18.6 Å². The van der Waals surface area contributed by atoms with Crippen molar-refractivity contribution in [2.45, 2.75) is 19.3 Å². The number of piperidine rings is 1. The van der Waals surface area contributed by atoms with E-state index in [2.05, 4.69) is 15.2 Å².